The highest BCUT2D eigenvalue weighted by Crippen LogP contribution is 2.29. The van der Waals surface area contributed by atoms with Gasteiger partial charge in [0.15, 0.2) is 11.6 Å². The molecule has 0 amide bonds. The van der Waals surface area contributed by atoms with Crippen LogP contribution in [0.2, 0.25) is 5.02 Å². The van der Waals surface area contributed by atoms with Gasteiger partial charge in [-0.15, -0.1) is 0 Å². The SMILES string of the molecule is Nc1cc(-c2cc3c(Cl)cccc3[nH]2)on1. The summed E-state index contributed by atoms with van der Waals surface area (Å²) in [6, 6.07) is 9.26. The molecule has 0 unspecified atom stereocenters. The summed E-state index contributed by atoms with van der Waals surface area (Å²) in [4.78, 5) is 3.19. The van der Waals surface area contributed by atoms with Crippen LogP contribution in [0.1, 0.15) is 0 Å². The lowest BCUT2D eigenvalue weighted by Crippen LogP contribution is -1.79. The molecule has 0 saturated heterocycles. The van der Waals surface area contributed by atoms with Gasteiger partial charge < -0.3 is 15.2 Å². The van der Waals surface area contributed by atoms with E-state index in [1.165, 1.54) is 0 Å². The third-order valence-electron chi connectivity index (χ3n) is 2.40. The molecule has 3 aromatic rings. The van der Waals surface area contributed by atoms with Crippen molar-refractivity contribution >= 4 is 28.3 Å². The van der Waals surface area contributed by atoms with Gasteiger partial charge in [0.2, 0.25) is 0 Å². The third kappa shape index (κ3) is 1.35. The summed E-state index contributed by atoms with van der Waals surface area (Å²) in [5.74, 6) is 0.963. The number of halogens is 1. The Hall–Kier alpha value is -1.94. The number of rotatable bonds is 1. The average molecular weight is 234 g/mol. The predicted octanol–water partition coefficient (Wildman–Crippen LogP) is 3.06. The second kappa shape index (κ2) is 3.28. The van der Waals surface area contributed by atoms with Crippen LogP contribution in [-0.2, 0) is 0 Å². The van der Waals surface area contributed by atoms with Crippen molar-refractivity contribution in [3.05, 3.63) is 35.4 Å². The molecule has 0 atom stereocenters. The van der Waals surface area contributed by atoms with E-state index >= 15 is 0 Å². The predicted molar refractivity (Wildman–Crippen MR) is 63.2 cm³/mol. The number of anilines is 1. The van der Waals surface area contributed by atoms with Gasteiger partial charge in [0.25, 0.3) is 0 Å². The van der Waals surface area contributed by atoms with Gasteiger partial charge in [0, 0.05) is 22.0 Å². The second-order valence-electron chi connectivity index (χ2n) is 3.50. The minimum atomic E-state index is 0.361. The smallest absolute Gasteiger partial charge is 0.185 e. The molecular formula is C11H8ClN3O. The van der Waals surface area contributed by atoms with E-state index < -0.39 is 0 Å². The maximum atomic E-state index is 6.07. The molecule has 2 aromatic heterocycles. The Morgan fingerprint density at radius 3 is 2.88 bits per heavy atom. The zero-order chi connectivity index (χ0) is 11.1. The molecule has 3 rings (SSSR count). The summed E-state index contributed by atoms with van der Waals surface area (Å²) in [6.45, 7) is 0. The van der Waals surface area contributed by atoms with Crippen LogP contribution in [0.4, 0.5) is 5.82 Å². The fourth-order valence-corrected chi connectivity index (χ4v) is 1.90. The lowest BCUT2D eigenvalue weighted by molar-refractivity contribution is 0.435. The number of hydrogen-bond acceptors (Lipinski definition) is 3. The van der Waals surface area contributed by atoms with Gasteiger partial charge >= 0.3 is 0 Å². The van der Waals surface area contributed by atoms with Crippen LogP contribution < -0.4 is 5.73 Å². The highest BCUT2D eigenvalue weighted by molar-refractivity contribution is 6.35. The van der Waals surface area contributed by atoms with E-state index in [9.17, 15) is 0 Å². The fraction of sp³-hybridized carbons (Fsp3) is 0. The van der Waals surface area contributed by atoms with Crippen LogP contribution in [0, 0.1) is 0 Å². The van der Waals surface area contributed by atoms with Gasteiger partial charge in [-0.1, -0.05) is 22.8 Å². The molecule has 0 bridgehead atoms. The third-order valence-corrected chi connectivity index (χ3v) is 2.73. The van der Waals surface area contributed by atoms with Gasteiger partial charge in [0.05, 0.1) is 5.69 Å². The Kier molecular flexibility index (Phi) is 1.91. The summed E-state index contributed by atoms with van der Waals surface area (Å²) in [5, 5.41) is 5.29. The van der Waals surface area contributed by atoms with E-state index in [-0.39, 0.29) is 0 Å². The van der Waals surface area contributed by atoms with E-state index in [0.717, 1.165) is 16.6 Å². The van der Waals surface area contributed by atoms with Crippen LogP contribution in [0.15, 0.2) is 34.9 Å². The van der Waals surface area contributed by atoms with Crippen LogP contribution in [-0.4, -0.2) is 10.1 Å². The van der Waals surface area contributed by atoms with Crippen LogP contribution in [0.5, 0.6) is 0 Å². The molecule has 0 radical (unpaired) electrons. The molecule has 80 valence electrons. The normalized spacial score (nSPS) is 11.1. The summed E-state index contributed by atoms with van der Waals surface area (Å²) in [5.41, 5.74) is 7.26. The molecule has 16 heavy (non-hydrogen) atoms. The molecular weight excluding hydrogens is 226 g/mol. The molecule has 0 fully saturated rings. The first-order chi connectivity index (χ1) is 7.74. The van der Waals surface area contributed by atoms with Crippen molar-refractivity contribution in [3.8, 4) is 11.5 Å². The Labute approximate surface area is 96.0 Å². The van der Waals surface area contributed by atoms with Crippen molar-refractivity contribution in [2.75, 3.05) is 5.73 Å². The number of fused-ring (bicyclic) bond motifs is 1. The molecule has 1 aromatic carbocycles. The maximum absolute atomic E-state index is 6.07. The summed E-state index contributed by atoms with van der Waals surface area (Å²) in [6.07, 6.45) is 0. The quantitative estimate of drug-likeness (QED) is 0.679. The molecule has 0 saturated carbocycles. The summed E-state index contributed by atoms with van der Waals surface area (Å²) < 4.78 is 5.07. The largest absolute Gasteiger partial charge is 0.381 e. The van der Waals surface area contributed by atoms with Crippen molar-refractivity contribution in [1.82, 2.24) is 10.1 Å². The first kappa shape index (κ1) is 9.30. The van der Waals surface area contributed by atoms with E-state index in [4.69, 9.17) is 21.9 Å². The highest BCUT2D eigenvalue weighted by Gasteiger charge is 2.09. The van der Waals surface area contributed by atoms with Crippen LogP contribution >= 0.6 is 11.6 Å². The molecule has 5 heteroatoms. The molecule has 4 nitrogen and oxygen atoms in total. The van der Waals surface area contributed by atoms with Crippen LogP contribution in [0.3, 0.4) is 0 Å². The van der Waals surface area contributed by atoms with Crippen molar-refractivity contribution < 1.29 is 4.52 Å². The maximum Gasteiger partial charge on any atom is 0.185 e. The first-order valence-electron chi connectivity index (χ1n) is 4.74. The van der Waals surface area contributed by atoms with Gasteiger partial charge in [-0.25, -0.2) is 0 Å². The van der Waals surface area contributed by atoms with E-state index in [1.807, 2.05) is 24.3 Å². The van der Waals surface area contributed by atoms with E-state index in [2.05, 4.69) is 10.1 Å². The Bertz CT molecular complexity index is 656. The number of nitrogens with one attached hydrogen (secondary N) is 1. The molecule has 0 aliphatic rings. The number of H-pyrrole nitrogens is 1. The number of benzene rings is 1. The van der Waals surface area contributed by atoms with E-state index in [1.54, 1.807) is 6.07 Å². The zero-order valence-electron chi connectivity index (χ0n) is 8.20. The van der Waals surface area contributed by atoms with Gasteiger partial charge in [0.1, 0.15) is 0 Å². The van der Waals surface area contributed by atoms with Gasteiger partial charge in [-0.05, 0) is 18.2 Å². The van der Waals surface area contributed by atoms with Gasteiger partial charge in [-0.3, -0.25) is 0 Å². The minimum Gasteiger partial charge on any atom is -0.381 e. The minimum absolute atomic E-state index is 0.361. The number of hydrogen-bond donors (Lipinski definition) is 2. The molecule has 0 aliphatic heterocycles. The number of aromatic nitrogens is 2. The highest BCUT2D eigenvalue weighted by atomic mass is 35.5. The lowest BCUT2D eigenvalue weighted by atomic mass is 10.2. The zero-order valence-corrected chi connectivity index (χ0v) is 8.95. The fourth-order valence-electron chi connectivity index (χ4n) is 1.67. The van der Waals surface area contributed by atoms with E-state index in [0.29, 0.717) is 16.6 Å². The van der Waals surface area contributed by atoms with Crippen molar-refractivity contribution in [3.63, 3.8) is 0 Å². The molecule has 2 heterocycles. The topological polar surface area (TPSA) is 67.8 Å². The Balaban J connectivity index is 2.22. The molecule has 0 aliphatic carbocycles. The summed E-state index contributed by atoms with van der Waals surface area (Å²) >= 11 is 6.07. The number of nitrogens with zero attached hydrogens (tertiary/aromatic N) is 1. The number of nitrogens with two attached hydrogens (primary N) is 1. The van der Waals surface area contributed by atoms with Crippen molar-refractivity contribution in [2.24, 2.45) is 0 Å². The summed E-state index contributed by atoms with van der Waals surface area (Å²) in [7, 11) is 0. The standard InChI is InChI=1S/C11H8ClN3O/c12-7-2-1-3-8-6(7)4-9(14-8)10-5-11(13)15-16-10/h1-5,14H,(H2,13,15). The number of nitrogen functional groups attached to an aromatic ring is 1. The van der Waals surface area contributed by atoms with Crippen molar-refractivity contribution in [1.29, 1.82) is 0 Å². The Morgan fingerprint density at radius 2 is 2.19 bits per heavy atom. The second-order valence-corrected chi connectivity index (χ2v) is 3.91. The monoisotopic (exact) mass is 233 g/mol. The molecule has 3 N–H and O–H groups in total. The van der Waals surface area contributed by atoms with Crippen LogP contribution in [0.25, 0.3) is 22.4 Å². The number of aromatic amines is 1. The first-order valence-corrected chi connectivity index (χ1v) is 5.11. The van der Waals surface area contributed by atoms with Crippen molar-refractivity contribution in [2.45, 2.75) is 0 Å². The average Bonchev–Trinajstić information content (AvgIpc) is 2.84. The Morgan fingerprint density at radius 1 is 1.31 bits per heavy atom. The molecule has 0 spiro atoms. The van der Waals surface area contributed by atoms with Gasteiger partial charge in [-0.2, -0.15) is 0 Å². The lowest BCUT2D eigenvalue weighted by Gasteiger charge is -1.89.